The maximum absolute atomic E-state index is 8.87. The third kappa shape index (κ3) is 1.45. The van der Waals surface area contributed by atoms with E-state index in [1.54, 1.807) is 41.2 Å². The smallest absolute Gasteiger partial charge is 0.164 e. The van der Waals surface area contributed by atoms with Crippen LogP contribution in [0.2, 0.25) is 0 Å². The molecule has 15 heavy (non-hydrogen) atoms. The third-order valence-corrected chi connectivity index (χ3v) is 2.02. The lowest BCUT2D eigenvalue weighted by Crippen LogP contribution is -1.99. The molecular formula is C11H6N4. The quantitative estimate of drug-likeness (QED) is 0.692. The van der Waals surface area contributed by atoms with Crippen LogP contribution in [0.3, 0.4) is 0 Å². The number of hydrogen-bond acceptors (Lipinski definition) is 3. The van der Waals surface area contributed by atoms with E-state index in [9.17, 15) is 0 Å². The monoisotopic (exact) mass is 194 g/mol. The van der Waals surface area contributed by atoms with Gasteiger partial charge in [-0.15, -0.1) is 0 Å². The molecule has 70 valence electrons. The van der Waals surface area contributed by atoms with Gasteiger partial charge in [0.15, 0.2) is 5.69 Å². The Morgan fingerprint density at radius 1 is 1.13 bits per heavy atom. The fraction of sp³-hybridized carbons (Fsp3) is 0. The summed E-state index contributed by atoms with van der Waals surface area (Å²) in [5, 5.41) is 17.7. The summed E-state index contributed by atoms with van der Waals surface area (Å²) in [5.74, 6) is 0. The van der Waals surface area contributed by atoms with Gasteiger partial charge < -0.3 is 4.57 Å². The molecular weight excluding hydrogens is 188 g/mol. The highest BCUT2D eigenvalue weighted by atomic mass is 15.0. The Bertz CT molecular complexity index is 569. The molecule has 0 saturated heterocycles. The number of nitriles is 2. The van der Waals surface area contributed by atoms with Crippen molar-refractivity contribution in [2.75, 3.05) is 0 Å². The lowest BCUT2D eigenvalue weighted by molar-refractivity contribution is 1.02. The maximum atomic E-state index is 8.87. The minimum Gasteiger partial charge on any atom is -0.305 e. The Hall–Kier alpha value is -2.59. The fourth-order valence-electron chi connectivity index (χ4n) is 1.36. The topological polar surface area (TPSA) is 65.4 Å². The van der Waals surface area contributed by atoms with E-state index in [0.29, 0.717) is 17.1 Å². The second-order valence-corrected chi connectivity index (χ2v) is 2.86. The molecule has 0 aliphatic carbocycles. The van der Waals surface area contributed by atoms with Gasteiger partial charge in [-0.1, -0.05) is 0 Å². The fourth-order valence-corrected chi connectivity index (χ4v) is 1.36. The van der Waals surface area contributed by atoms with Crippen molar-refractivity contribution in [2.24, 2.45) is 0 Å². The van der Waals surface area contributed by atoms with Gasteiger partial charge >= 0.3 is 0 Å². The normalized spacial score (nSPS) is 9.20. The molecule has 0 spiro atoms. The second kappa shape index (κ2) is 3.65. The van der Waals surface area contributed by atoms with Crippen molar-refractivity contribution in [1.29, 1.82) is 10.5 Å². The SMILES string of the molecule is N#Cc1ncccc1-n1cccc1C#N. The number of aromatic nitrogens is 2. The molecule has 2 heterocycles. The van der Waals surface area contributed by atoms with E-state index in [0.717, 1.165) is 0 Å². The summed E-state index contributed by atoms with van der Waals surface area (Å²) < 4.78 is 1.64. The second-order valence-electron chi connectivity index (χ2n) is 2.86. The molecule has 2 rings (SSSR count). The summed E-state index contributed by atoms with van der Waals surface area (Å²) in [5.41, 5.74) is 1.42. The molecule has 0 aliphatic rings. The Balaban J connectivity index is 2.66. The summed E-state index contributed by atoms with van der Waals surface area (Å²) in [4.78, 5) is 3.94. The van der Waals surface area contributed by atoms with Crippen molar-refractivity contribution in [2.45, 2.75) is 0 Å². The molecule has 2 aromatic heterocycles. The molecule has 0 unspecified atom stereocenters. The summed E-state index contributed by atoms with van der Waals surface area (Å²) in [6, 6.07) is 11.0. The highest BCUT2D eigenvalue weighted by Gasteiger charge is 2.07. The van der Waals surface area contributed by atoms with E-state index in [1.807, 2.05) is 6.07 Å². The van der Waals surface area contributed by atoms with E-state index in [-0.39, 0.29) is 0 Å². The molecule has 2 aromatic rings. The van der Waals surface area contributed by atoms with E-state index >= 15 is 0 Å². The van der Waals surface area contributed by atoms with Crippen LogP contribution in [0.1, 0.15) is 11.4 Å². The van der Waals surface area contributed by atoms with Crippen LogP contribution in [0, 0.1) is 22.7 Å². The zero-order valence-corrected chi connectivity index (χ0v) is 7.75. The van der Waals surface area contributed by atoms with Crippen molar-refractivity contribution in [1.82, 2.24) is 9.55 Å². The van der Waals surface area contributed by atoms with Crippen LogP contribution in [-0.4, -0.2) is 9.55 Å². The van der Waals surface area contributed by atoms with E-state index in [4.69, 9.17) is 10.5 Å². The third-order valence-electron chi connectivity index (χ3n) is 2.02. The molecule has 0 radical (unpaired) electrons. The van der Waals surface area contributed by atoms with E-state index in [2.05, 4.69) is 11.1 Å². The van der Waals surface area contributed by atoms with Crippen LogP contribution in [0.4, 0.5) is 0 Å². The first-order valence-corrected chi connectivity index (χ1v) is 4.30. The summed E-state index contributed by atoms with van der Waals surface area (Å²) in [6.45, 7) is 0. The first-order valence-electron chi connectivity index (χ1n) is 4.30. The molecule has 0 aliphatic heterocycles. The predicted molar refractivity (Wildman–Crippen MR) is 53.0 cm³/mol. The van der Waals surface area contributed by atoms with E-state index < -0.39 is 0 Å². The predicted octanol–water partition coefficient (Wildman–Crippen LogP) is 1.62. The van der Waals surface area contributed by atoms with Crippen molar-refractivity contribution in [3.05, 3.63) is 48.0 Å². The zero-order chi connectivity index (χ0) is 10.7. The summed E-state index contributed by atoms with van der Waals surface area (Å²) in [7, 11) is 0. The average molecular weight is 194 g/mol. The number of nitrogens with zero attached hydrogens (tertiary/aromatic N) is 4. The minimum atomic E-state index is 0.310. The van der Waals surface area contributed by atoms with Gasteiger partial charge in [-0.25, -0.2) is 4.98 Å². The molecule has 4 heteroatoms. The number of pyridine rings is 1. The Morgan fingerprint density at radius 3 is 2.73 bits per heavy atom. The van der Waals surface area contributed by atoms with Gasteiger partial charge in [-0.05, 0) is 24.3 Å². The van der Waals surface area contributed by atoms with Crippen LogP contribution >= 0.6 is 0 Å². The zero-order valence-electron chi connectivity index (χ0n) is 7.75. The van der Waals surface area contributed by atoms with Gasteiger partial charge in [0.2, 0.25) is 0 Å². The lowest BCUT2D eigenvalue weighted by atomic mass is 10.3. The molecule has 0 atom stereocenters. The average Bonchev–Trinajstić information content (AvgIpc) is 2.76. The lowest BCUT2D eigenvalue weighted by Gasteiger charge is -2.04. The van der Waals surface area contributed by atoms with Crippen molar-refractivity contribution >= 4 is 0 Å². The van der Waals surface area contributed by atoms with Gasteiger partial charge in [0, 0.05) is 12.4 Å². The molecule has 4 nitrogen and oxygen atoms in total. The summed E-state index contributed by atoms with van der Waals surface area (Å²) >= 11 is 0. The van der Waals surface area contributed by atoms with Crippen LogP contribution in [0.5, 0.6) is 0 Å². The Labute approximate surface area is 86.6 Å². The first-order chi connectivity index (χ1) is 7.36. The van der Waals surface area contributed by atoms with Crippen LogP contribution < -0.4 is 0 Å². The molecule has 0 amide bonds. The first kappa shape index (κ1) is 8.98. The standard InChI is InChI=1S/C11H6N4/c12-7-9-3-2-6-15(9)11-4-1-5-14-10(11)8-13/h1-6H. The van der Waals surface area contributed by atoms with Crippen LogP contribution in [0.15, 0.2) is 36.7 Å². The molecule has 0 saturated carbocycles. The highest BCUT2D eigenvalue weighted by Crippen LogP contribution is 2.14. The van der Waals surface area contributed by atoms with Crippen LogP contribution in [0.25, 0.3) is 5.69 Å². The van der Waals surface area contributed by atoms with E-state index in [1.165, 1.54) is 0 Å². The minimum absolute atomic E-state index is 0.310. The molecule has 0 N–H and O–H groups in total. The van der Waals surface area contributed by atoms with Crippen molar-refractivity contribution in [3.8, 4) is 17.8 Å². The van der Waals surface area contributed by atoms with Gasteiger partial charge in [0.05, 0.1) is 5.69 Å². The number of hydrogen-bond donors (Lipinski definition) is 0. The Kier molecular flexibility index (Phi) is 2.19. The van der Waals surface area contributed by atoms with Crippen LogP contribution in [-0.2, 0) is 0 Å². The molecule has 0 aromatic carbocycles. The van der Waals surface area contributed by atoms with Crippen molar-refractivity contribution < 1.29 is 0 Å². The van der Waals surface area contributed by atoms with Gasteiger partial charge in [-0.3, -0.25) is 0 Å². The van der Waals surface area contributed by atoms with Crippen molar-refractivity contribution in [3.63, 3.8) is 0 Å². The molecule has 0 fully saturated rings. The van der Waals surface area contributed by atoms with Gasteiger partial charge in [-0.2, -0.15) is 10.5 Å². The van der Waals surface area contributed by atoms with Gasteiger partial charge in [0.25, 0.3) is 0 Å². The Morgan fingerprint density at radius 2 is 2.00 bits per heavy atom. The largest absolute Gasteiger partial charge is 0.305 e. The van der Waals surface area contributed by atoms with Gasteiger partial charge in [0.1, 0.15) is 17.8 Å². The number of rotatable bonds is 1. The maximum Gasteiger partial charge on any atom is 0.164 e. The molecule has 0 bridgehead atoms. The summed E-state index contributed by atoms with van der Waals surface area (Å²) in [6.07, 6.45) is 3.29. The highest BCUT2D eigenvalue weighted by molar-refractivity contribution is 5.47.